The smallest absolute Gasteiger partial charge is 0.0732 e. The molecule has 1 aromatic carbocycles. The van der Waals surface area contributed by atoms with Crippen LogP contribution in [0.25, 0.3) is 0 Å². The highest BCUT2D eigenvalue weighted by Crippen LogP contribution is 2.09. The quantitative estimate of drug-likeness (QED) is 0.821. The number of rotatable bonds is 5. The average Bonchev–Trinajstić information content (AvgIpc) is 2.42. The second-order valence-corrected chi connectivity index (χ2v) is 3.86. The Kier molecular flexibility index (Phi) is 4.24. The first kappa shape index (κ1) is 11.8. The molecule has 3 nitrogen and oxygen atoms in total. The van der Waals surface area contributed by atoms with Gasteiger partial charge in [-0.15, -0.1) is 0 Å². The molecule has 3 heteroatoms. The van der Waals surface area contributed by atoms with Gasteiger partial charge < -0.3 is 10.4 Å². The zero-order valence-electron chi connectivity index (χ0n) is 9.58. The van der Waals surface area contributed by atoms with Crippen LogP contribution in [0.2, 0.25) is 0 Å². The summed E-state index contributed by atoms with van der Waals surface area (Å²) in [6, 6.07) is 15.7. The van der Waals surface area contributed by atoms with Crippen molar-refractivity contribution in [3.8, 4) is 0 Å². The summed E-state index contributed by atoms with van der Waals surface area (Å²) in [6.45, 7) is 0.770. The molecule has 1 atom stereocenters. The first-order chi connectivity index (χ1) is 8.40. The number of nitrogens with zero attached hydrogens (tertiary/aromatic N) is 1. The Morgan fingerprint density at radius 3 is 2.47 bits per heavy atom. The summed E-state index contributed by atoms with van der Waals surface area (Å²) < 4.78 is 0. The number of benzene rings is 1. The number of hydrogen-bond donors (Lipinski definition) is 2. The van der Waals surface area contributed by atoms with E-state index in [1.54, 1.807) is 6.20 Å². The van der Waals surface area contributed by atoms with Crippen LogP contribution in [-0.2, 0) is 6.54 Å². The maximum absolute atomic E-state index is 9.35. The molecule has 2 N–H and O–H groups in total. The van der Waals surface area contributed by atoms with E-state index in [0.29, 0.717) is 0 Å². The third-order valence-electron chi connectivity index (χ3n) is 2.62. The van der Waals surface area contributed by atoms with E-state index in [9.17, 15) is 5.11 Å². The van der Waals surface area contributed by atoms with Crippen LogP contribution in [0, 0.1) is 0 Å². The molecule has 0 spiro atoms. The van der Waals surface area contributed by atoms with E-state index in [0.717, 1.165) is 12.2 Å². The Morgan fingerprint density at radius 1 is 1.06 bits per heavy atom. The topological polar surface area (TPSA) is 45.1 Å². The molecule has 88 valence electrons. The molecule has 17 heavy (non-hydrogen) atoms. The van der Waals surface area contributed by atoms with Gasteiger partial charge in [0, 0.05) is 12.7 Å². The van der Waals surface area contributed by atoms with Crippen LogP contribution >= 0.6 is 0 Å². The second kappa shape index (κ2) is 6.13. The lowest BCUT2D eigenvalue weighted by Crippen LogP contribution is -2.24. The van der Waals surface area contributed by atoms with Crippen molar-refractivity contribution < 1.29 is 5.11 Å². The lowest BCUT2D eigenvalue weighted by atomic mass is 10.1. The Hall–Kier alpha value is -1.71. The van der Waals surface area contributed by atoms with Crippen molar-refractivity contribution in [3.63, 3.8) is 0 Å². The summed E-state index contributed by atoms with van der Waals surface area (Å²) in [7, 11) is 0. The van der Waals surface area contributed by atoms with Crippen LogP contribution in [0.15, 0.2) is 54.7 Å². The monoisotopic (exact) mass is 228 g/mol. The predicted molar refractivity (Wildman–Crippen MR) is 67.3 cm³/mol. The maximum atomic E-state index is 9.35. The van der Waals surface area contributed by atoms with Gasteiger partial charge in [0.25, 0.3) is 0 Å². The van der Waals surface area contributed by atoms with Gasteiger partial charge in [0.05, 0.1) is 18.3 Å². The number of aliphatic hydroxyl groups is 1. The summed E-state index contributed by atoms with van der Waals surface area (Å²) in [6.07, 6.45) is 1.74. The van der Waals surface area contributed by atoms with Gasteiger partial charge in [0.15, 0.2) is 0 Å². The van der Waals surface area contributed by atoms with E-state index in [1.165, 1.54) is 5.56 Å². The van der Waals surface area contributed by atoms with Gasteiger partial charge in [-0.05, 0) is 17.7 Å². The Labute approximate surface area is 101 Å². The van der Waals surface area contributed by atoms with E-state index in [4.69, 9.17) is 0 Å². The summed E-state index contributed by atoms with van der Waals surface area (Å²) in [5.74, 6) is 0. The Bertz CT molecular complexity index is 430. The van der Waals surface area contributed by atoms with Crippen LogP contribution in [-0.4, -0.2) is 16.7 Å². The van der Waals surface area contributed by atoms with Crippen molar-refractivity contribution in [2.24, 2.45) is 0 Å². The molecular formula is C14H16N2O. The highest BCUT2D eigenvalue weighted by Gasteiger charge is 2.09. The zero-order chi connectivity index (χ0) is 11.9. The van der Waals surface area contributed by atoms with Crippen molar-refractivity contribution in [1.82, 2.24) is 10.3 Å². The molecule has 1 heterocycles. The standard InChI is InChI=1S/C14H16N2O/c17-11-14(13-8-4-5-9-15-13)16-10-12-6-2-1-3-7-12/h1-9,14,16-17H,10-11H2. The van der Waals surface area contributed by atoms with Crippen molar-refractivity contribution in [2.45, 2.75) is 12.6 Å². The van der Waals surface area contributed by atoms with E-state index in [1.807, 2.05) is 36.4 Å². The second-order valence-electron chi connectivity index (χ2n) is 3.86. The average molecular weight is 228 g/mol. The molecule has 0 fully saturated rings. The fraction of sp³-hybridized carbons (Fsp3) is 0.214. The lowest BCUT2D eigenvalue weighted by molar-refractivity contribution is 0.241. The first-order valence-electron chi connectivity index (χ1n) is 5.69. The van der Waals surface area contributed by atoms with Crippen molar-refractivity contribution in [1.29, 1.82) is 0 Å². The van der Waals surface area contributed by atoms with Gasteiger partial charge in [-0.1, -0.05) is 36.4 Å². The van der Waals surface area contributed by atoms with Crippen LogP contribution in [0.3, 0.4) is 0 Å². The fourth-order valence-electron chi connectivity index (χ4n) is 1.68. The Morgan fingerprint density at radius 2 is 1.82 bits per heavy atom. The Balaban J connectivity index is 1.97. The highest BCUT2D eigenvalue weighted by atomic mass is 16.3. The highest BCUT2D eigenvalue weighted by molar-refractivity contribution is 5.15. The van der Waals surface area contributed by atoms with Gasteiger partial charge in [-0.3, -0.25) is 4.98 Å². The van der Waals surface area contributed by atoms with Crippen LogP contribution in [0.4, 0.5) is 0 Å². The summed E-state index contributed by atoms with van der Waals surface area (Å²) in [5, 5.41) is 12.6. The van der Waals surface area contributed by atoms with E-state index in [2.05, 4.69) is 22.4 Å². The van der Waals surface area contributed by atoms with E-state index < -0.39 is 0 Å². The first-order valence-corrected chi connectivity index (χ1v) is 5.69. The minimum absolute atomic E-state index is 0.0455. The predicted octanol–water partition coefficient (Wildman–Crippen LogP) is 1.90. The van der Waals surface area contributed by atoms with Gasteiger partial charge in [-0.2, -0.15) is 0 Å². The molecule has 0 radical (unpaired) electrons. The molecule has 1 unspecified atom stereocenters. The van der Waals surface area contributed by atoms with E-state index in [-0.39, 0.29) is 12.6 Å². The van der Waals surface area contributed by atoms with Crippen LogP contribution < -0.4 is 5.32 Å². The number of aliphatic hydroxyl groups excluding tert-OH is 1. The van der Waals surface area contributed by atoms with Crippen molar-refractivity contribution >= 4 is 0 Å². The van der Waals surface area contributed by atoms with E-state index >= 15 is 0 Å². The van der Waals surface area contributed by atoms with Crippen molar-refractivity contribution in [2.75, 3.05) is 6.61 Å². The summed E-state index contributed by atoms with van der Waals surface area (Å²) in [4.78, 5) is 4.24. The molecule has 2 rings (SSSR count). The molecule has 0 aliphatic heterocycles. The molecule has 0 aliphatic carbocycles. The number of aromatic nitrogens is 1. The molecule has 1 aromatic heterocycles. The van der Waals surface area contributed by atoms with Crippen molar-refractivity contribution in [3.05, 3.63) is 66.0 Å². The molecule has 0 saturated heterocycles. The van der Waals surface area contributed by atoms with Gasteiger partial charge >= 0.3 is 0 Å². The van der Waals surface area contributed by atoms with Crippen LogP contribution in [0.5, 0.6) is 0 Å². The zero-order valence-corrected chi connectivity index (χ0v) is 9.58. The maximum Gasteiger partial charge on any atom is 0.0732 e. The minimum atomic E-state index is -0.114. The lowest BCUT2D eigenvalue weighted by Gasteiger charge is -2.15. The molecule has 0 amide bonds. The van der Waals surface area contributed by atoms with Crippen LogP contribution in [0.1, 0.15) is 17.3 Å². The van der Waals surface area contributed by atoms with Gasteiger partial charge in [-0.25, -0.2) is 0 Å². The number of pyridine rings is 1. The fourth-order valence-corrected chi connectivity index (χ4v) is 1.68. The normalized spacial score (nSPS) is 12.3. The van der Waals surface area contributed by atoms with Gasteiger partial charge in [0.2, 0.25) is 0 Å². The third kappa shape index (κ3) is 3.37. The molecule has 0 saturated carbocycles. The van der Waals surface area contributed by atoms with Gasteiger partial charge in [0.1, 0.15) is 0 Å². The summed E-state index contributed by atoms with van der Waals surface area (Å²) in [5.41, 5.74) is 2.06. The number of hydrogen-bond acceptors (Lipinski definition) is 3. The minimum Gasteiger partial charge on any atom is -0.394 e. The molecule has 0 bridgehead atoms. The molecule has 0 aliphatic rings. The molecular weight excluding hydrogens is 212 g/mol. The summed E-state index contributed by atoms with van der Waals surface area (Å²) >= 11 is 0. The number of nitrogens with one attached hydrogen (secondary N) is 1. The third-order valence-corrected chi connectivity index (χ3v) is 2.62. The molecule has 2 aromatic rings. The SMILES string of the molecule is OCC(NCc1ccccc1)c1ccccn1. The largest absolute Gasteiger partial charge is 0.394 e.